The van der Waals surface area contributed by atoms with Crippen LogP contribution in [0.1, 0.15) is 89.7 Å². The Balaban J connectivity index is 1.48. The number of ether oxygens (including phenoxy) is 1. The summed E-state index contributed by atoms with van der Waals surface area (Å²) in [5, 5.41) is 2.99. The SMILES string of the molecule is CC(C)C[C@@H](NC(=O)c1ccccc1OCc1ncc(C(C)(C)C)o1)C(=O)N1CCC[C@@H]1C(=O)N1CCN(C)C[C@H]1C(C)C. The number of piperazine rings is 1. The molecule has 242 valence electrons. The van der Waals surface area contributed by atoms with E-state index in [-0.39, 0.29) is 35.8 Å². The van der Waals surface area contributed by atoms with Crippen LogP contribution in [0.5, 0.6) is 5.75 Å². The molecule has 3 atom stereocenters. The van der Waals surface area contributed by atoms with E-state index in [9.17, 15) is 14.4 Å². The van der Waals surface area contributed by atoms with E-state index in [0.29, 0.717) is 49.1 Å². The van der Waals surface area contributed by atoms with Crippen molar-refractivity contribution in [1.82, 2.24) is 25.0 Å². The minimum absolute atomic E-state index is 0.0252. The average molecular weight is 610 g/mol. The van der Waals surface area contributed by atoms with Gasteiger partial charge in [-0.25, -0.2) is 4.98 Å². The lowest BCUT2D eigenvalue weighted by atomic mass is 9.94. The number of nitrogens with zero attached hydrogens (tertiary/aromatic N) is 4. The van der Waals surface area contributed by atoms with Gasteiger partial charge in [-0.1, -0.05) is 60.6 Å². The van der Waals surface area contributed by atoms with Gasteiger partial charge in [0, 0.05) is 37.6 Å². The number of carbonyl (C=O) groups is 3. The minimum Gasteiger partial charge on any atom is -0.483 e. The summed E-state index contributed by atoms with van der Waals surface area (Å²) >= 11 is 0. The highest BCUT2D eigenvalue weighted by atomic mass is 16.5. The maximum Gasteiger partial charge on any atom is 0.255 e. The van der Waals surface area contributed by atoms with Crippen molar-refractivity contribution in [3.63, 3.8) is 0 Å². The van der Waals surface area contributed by atoms with Gasteiger partial charge < -0.3 is 29.2 Å². The Morgan fingerprint density at radius 1 is 1.07 bits per heavy atom. The fourth-order valence-electron chi connectivity index (χ4n) is 6.05. The standard InChI is InChI=1S/C34H51N5O5/c1-22(2)18-25(32(41)38-15-11-13-26(38)33(42)39-17-16-37(8)20-27(39)23(3)4)36-31(40)24-12-9-10-14-28(24)43-21-30-35-19-29(44-30)34(5,6)7/h9-10,12,14,19,22-23,25-27H,11,13,15-18,20-21H2,1-8H3,(H,36,40)/t25-,26-,27+/m1/s1. The largest absolute Gasteiger partial charge is 0.483 e. The maximum absolute atomic E-state index is 14.1. The normalized spacial score (nSPS) is 20.3. The van der Waals surface area contributed by atoms with Crippen molar-refractivity contribution >= 4 is 17.7 Å². The number of aromatic nitrogens is 1. The predicted octanol–water partition coefficient (Wildman–Crippen LogP) is 4.49. The molecule has 0 unspecified atom stereocenters. The molecule has 2 saturated heterocycles. The molecule has 0 bridgehead atoms. The smallest absolute Gasteiger partial charge is 0.255 e. The molecule has 3 amide bonds. The van der Waals surface area contributed by atoms with Crippen LogP contribution in [-0.4, -0.2) is 88.8 Å². The third kappa shape index (κ3) is 8.00. The van der Waals surface area contributed by atoms with Crippen molar-refractivity contribution in [2.45, 2.75) is 97.9 Å². The van der Waals surface area contributed by atoms with Gasteiger partial charge in [-0.15, -0.1) is 0 Å². The van der Waals surface area contributed by atoms with Crippen molar-refractivity contribution < 1.29 is 23.5 Å². The fourth-order valence-corrected chi connectivity index (χ4v) is 6.05. The van der Waals surface area contributed by atoms with E-state index < -0.39 is 18.0 Å². The lowest BCUT2D eigenvalue weighted by Crippen LogP contribution is -2.61. The predicted molar refractivity (Wildman–Crippen MR) is 169 cm³/mol. The van der Waals surface area contributed by atoms with Gasteiger partial charge in [0.2, 0.25) is 17.7 Å². The molecule has 3 heterocycles. The van der Waals surface area contributed by atoms with E-state index in [0.717, 1.165) is 25.3 Å². The monoisotopic (exact) mass is 609 g/mol. The number of likely N-dealkylation sites (N-methyl/N-ethyl adjacent to an activating group) is 1. The lowest BCUT2D eigenvalue weighted by Gasteiger charge is -2.44. The quantitative estimate of drug-likeness (QED) is 0.423. The van der Waals surface area contributed by atoms with Gasteiger partial charge in [0.1, 0.15) is 23.6 Å². The van der Waals surface area contributed by atoms with Gasteiger partial charge in [0.15, 0.2) is 6.61 Å². The number of rotatable bonds is 10. The number of benzene rings is 1. The van der Waals surface area contributed by atoms with E-state index >= 15 is 0 Å². The summed E-state index contributed by atoms with van der Waals surface area (Å²) in [7, 11) is 2.09. The van der Waals surface area contributed by atoms with Gasteiger partial charge in [0.25, 0.3) is 5.91 Å². The number of nitrogens with one attached hydrogen (secondary N) is 1. The number of hydrogen-bond donors (Lipinski definition) is 1. The zero-order chi connectivity index (χ0) is 32.2. The van der Waals surface area contributed by atoms with Gasteiger partial charge in [0.05, 0.1) is 11.8 Å². The second-order valence-corrected chi connectivity index (χ2v) is 14.1. The first-order valence-electron chi connectivity index (χ1n) is 16.0. The summed E-state index contributed by atoms with van der Waals surface area (Å²) < 4.78 is 11.8. The first-order valence-corrected chi connectivity index (χ1v) is 16.0. The summed E-state index contributed by atoms with van der Waals surface area (Å²) in [6.45, 7) is 17.3. The van der Waals surface area contributed by atoms with Crippen LogP contribution in [0.3, 0.4) is 0 Å². The van der Waals surface area contributed by atoms with Gasteiger partial charge in [-0.2, -0.15) is 0 Å². The molecule has 2 fully saturated rings. The Morgan fingerprint density at radius 3 is 2.45 bits per heavy atom. The number of hydrogen-bond acceptors (Lipinski definition) is 7. The summed E-state index contributed by atoms with van der Waals surface area (Å²) in [6, 6.07) is 5.80. The lowest BCUT2D eigenvalue weighted by molar-refractivity contribution is -0.148. The molecule has 1 aromatic carbocycles. The topological polar surface area (TPSA) is 108 Å². The van der Waals surface area contributed by atoms with E-state index in [1.54, 1.807) is 35.4 Å². The van der Waals surface area contributed by atoms with Crippen LogP contribution >= 0.6 is 0 Å². The molecule has 0 aliphatic carbocycles. The summed E-state index contributed by atoms with van der Waals surface area (Å²) in [6.07, 6.45) is 3.56. The minimum atomic E-state index is -0.765. The Labute approximate surface area is 262 Å². The van der Waals surface area contributed by atoms with Crippen molar-refractivity contribution in [2.24, 2.45) is 11.8 Å². The van der Waals surface area contributed by atoms with Crippen molar-refractivity contribution in [2.75, 3.05) is 33.2 Å². The van der Waals surface area contributed by atoms with Gasteiger partial charge in [-0.3, -0.25) is 14.4 Å². The first kappa shape index (κ1) is 33.5. The Hall–Kier alpha value is -3.40. The molecular weight excluding hydrogens is 558 g/mol. The number of oxazole rings is 1. The first-order chi connectivity index (χ1) is 20.8. The molecule has 10 nitrogen and oxygen atoms in total. The second kappa shape index (κ2) is 14.1. The third-order valence-electron chi connectivity index (χ3n) is 8.58. The van der Waals surface area contributed by atoms with Crippen LogP contribution < -0.4 is 10.1 Å². The Bertz CT molecular complexity index is 1300. The molecule has 2 aromatic rings. The van der Waals surface area contributed by atoms with E-state index in [4.69, 9.17) is 9.15 Å². The van der Waals surface area contributed by atoms with Crippen LogP contribution in [0, 0.1) is 11.8 Å². The zero-order valence-electron chi connectivity index (χ0n) is 27.8. The fraction of sp³-hybridized carbons (Fsp3) is 0.647. The molecule has 44 heavy (non-hydrogen) atoms. The maximum atomic E-state index is 14.1. The van der Waals surface area contributed by atoms with E-state index in [1.807, 2.05) is 39.5 Å². The van der Waals surface area contributed by atoms with Crippen LogP contribution in [0.4, 0.5) is 0 Å². The average Bonchev–Trinajstić information content (AvgIpc) is 3.65. The molecule has 1 N–H and O–H groups in total. The van der Waals surface area contributed by atoms with Gasteiger partial charge >= 0.3 is 0 Å². The number of likely N-dealkylation sites (tertiary alicyclic amines) is 1. The van der Waals surface area contributed by atoms with E-state index in [1.165, 1.54) is 0 Å². The van der Waals surface area contributed by atoms with Crippen LogP contribution in [-0.2, 0) is 21.6 Å². The van der Waals surface area contributed by atoms with Crippen molar-refractivity contribution in [3.8, 4) is 5.75 Å². The van der Waals surface area contributed by atoms with Gasteiger partial charge in [-0.05, 0) is 50.3 Å². The molecule has 4 rings (SSSR count). The van der Waals surface area contributed by atoms with Crippen molar-refractivity contribution in [1.29, 1.82) is 0 Å². The second-order valence-electron chi connectivity index (χ2n) is 14.1. The third-order valence-corrected chi connectivity index (χ3v) is 8.58. The highest BCUT2D eigenvalue weighted by molar-refractivity contribution is 6.00. The molecular formula is C34H51N5O5. The van der Waals surface area contributed by atoms with Crippen LogP contribution in [0.15, 0.2) is 34.9 Å². The molecule has 1 aromatic heterocycles. The van der Waals surface area contributed by atoms with Crippen molar-refractivity contribution in [3.05, 3.63) is 47.7 Å². The molecule has 0 spiro atoms. The summed E-state index contributed by atoms with van der Waals surface area (Å²) in [4.78, 5) is 51.9. The molecule has 0 radical (unpaired) electrons. The molecule has 2 aliphatic rings. The highest BCUT2D eigenvalue weighted by Gasteiger charge is 2.42. The molecule has 10 heteroatoms. The number of para-hydroxylation sites is 1. The van der Waals surface area contributed by atoms with Crippen LogP contribution in [0.2, 0.25) is 0 Å². The number of carbonyl (C=O) groups excluding carboxylic acids is 3. The van der Waals surface area contributed by atoms with E-state index in [2.05, 4.69) is 36.1 Å². The number of amides is 3. The molecule has 0 saturated carbocycles. The van der Waals surface area contributed by atoms with Crippen LogP contribution in [0.25, 0.3) is 0 Å². The summed E-state index contributed by atoms with van der Waals surface area (Å²) in [5.41, 5.74) is 0.142. The Kier molecular flexibility index (Phi) is 10.8. The Morgan fingerprint density at radius 2 is 1.80 bits per heavy atom. The summed E-state index contributed by atoms with van der Waals surface area (Å²) in [5.74, 6) is 1.43. The zero-order valence-corrected chi connectivity index (χ0v) is 27.8. The highest BCUT2D eigenvalue weighted by Crippen LogP contribution is 2.27. The molecule has 2 aliphatic heterocycles.